The van der Waals surface area contributed by atoms with Gasteiger partial charge in [-0.1, -0.05) is 50.6 Å². The second-order valence-corrected chi connectivity index (χ2v) is 8.58. The molecule has 2 amide bonds. The standard InChI is InChI=1S/C17H13Br2Cl2NO3/c1-2-9-5-6-16(20)14(24)22(8-18)15(25)17(16,21)13(9)11-7-10(19)3-4-12(11)23/h2-5,7,13,23H,1,6,8H2/t13-,16-,17+/m1/s1. The molecule has 1 N–H and O–H groups in total. The van der Waals surface area contributed by atoms with Crippen LogP contribution in [-0.2, 0) is 9.59 Å². The van der Waals surface area contributed by atoms with Gasteiger partial charge in [0, 0.05) is 16.0 Å². The Balaban J connectivity index is 2.31. The Bertz CT molecular complexity index is 828. The van der Waals surface area contributed by atoms with Crippen molar-refractivity contribution in [3.8, 4) is 5.75 Å². The van der Waals surface area contributed by atoms with E-state index in [1.165, 1.54) is 6.07 Å². The van der Waals surface area contributed by atoms with E-state index in [-0.39, 0.29) is 17.6 Å². The van der Waals surface area contributed by atoms with Crippen LogP contribution in [0.2, 0.25) is 0 Å². The lowest BCUT2D eigenvalue weighted by atomic mass is 9.68. The number of fused-ring (bicyclic) bond motifs is 1. The van der Waals surface area contributed by atoms with Crippen LogP contribution < -0.4 is 0 Å². The summed E-state index contributed by atoms with van der Waals surface area (Å²) in [5, 5.41) is 10.4. The lowest BCUT2D eigenvalue weighted by molar-refractivity contribution is -0.138. The van der Waals surface area contributed by atoms with Crippen molar-refractivity contribution >= 4 is 66.9 Å². The molecular weight excluding hydrogens is 497 g/mol. The molecule has 1 aromatic carbocycles. The van der Waals surface area contributed by atoms with Crippen molar-refractivity contribution in [2.24, 2.45) is 0 Å². The summed E-state index contributed by atoms with van der Waals surface area (Å²) in [5.74, 6) is -2.01. The molecule has 132 valence electrons. The Morgan fingerprint density at radius 2 is 2.04 bits per heavy atom. The number of carbonyl (C=O) groups is 2. The molecule has 0 spiro atoms. The van der Waals surface area contributed by atoms with Crippen molar-refractivity contribution in [3.63, 3.8) is 0 Å². The number of likely N-dealkylation sites (tertiary alicyclic amines) is 1. The molecule has 0 bridgehead atoms. The maximum Gasteiger partial charge on any atom is 0.254 e. The Kier molecular flexibility index (Phi) is 4.86. The molecule has 2 aliphatic rings. The first-order valence-corrected chi connectivity index (χ1v) is 10.0. The van der Waals surface area contributed by atoms with E-state index >= 15 is 0 Å². The van der Waals surface area contributed by atoms with Gasteiger partial charge in [-0.25, -0.2) is 0 Å². The lowest BCUT2D eigenvalue weighted by Crippen LogP contribution is -2.54. The lowest BCUT2D eigenvalue weighted by Gasteiger charge is -2.42. The van der Waals surface area contributed by atoms with Crippen LogP contribution in [-0.4, -0.2) is 37.0 Å². The first-order valence-electron chi connectivity index (χ1n) is 7.33. The number of benzene rings is 1. The first kappa shape index (κ1) is 19.0. The van der Waals surface area contributed by atoms with E-state index in [1.807, 2.05) is 0 Å². The fraction of sp³-hybridized carbons (Fsp3) is 0.294. The molecule has 1 aliphatic carbocycles. The van der Waals surface area contributed by atoms with Crippen molar-refractivity contribution in [1.29, 1.82) is 0 Å². The van der Waals surface area contributed by atoms with Crippen LogP contribution in [0.15, 0.2) is 47.0 Å². The molecule has 1 fully saturated rings. The van der Waals surface area contributed by atoms with E-state index in [1.54, 1.807) is 24.3 Å². The van der Waals surface area contributed by atoms with Gasteiger partial charge in [0.15, 0.2) is 9.75 Å². The van der Waals surface area contributed by atoms with Crippen molar-refractivity contribution < 1.29 is 14.7 Å². The van der Waals surface area contributed by atoms with E-state index in [2.05, 4.69) is 38.4 Å². The minimum Gasteiger partial charge on any atom is -0.508 e. The number of hydrogen-bond donors (Lipinski definition) is 1. The maximum atomic E-state index is 13.1. The molecule has 1 saturated heterocycles. The zero-order chi connectivity index (χ0) is 18.6. The summed E-state index contributed by atoms with van der Waals surface area (Å²) in [5.41, 5.74) is 1.03. The van der Waals surface area contributed by atoms with Gasteiger partial charge in [0.2, 0.25) is 0 Å². The van der Waals surface area contributed by atoms with Crippen LogP contribution in [0, 0.1) is 0 Å². The molecule has 3 atom stereocenters. The van der Waals surface area contributed by atoms with Gasteiger partial charge in [-0.05, 0) is 30.2 Å². The zero-order valence-corrected chi connectivity index (χ0v) is 17.5. The Morgan fingerprint density at radius 3 is 2.64 bits per heavy atom. The summed E-state index contributed by atoms with van der Waals surface area (Å²) in [6.07, 6.45) is 3.41. The van der Waals surface area contributed by atoms with E-state index in [9.17, 15) is 14.7 Å². The van der Waals surface area contributed by atoms with Gasteiger partial charge in [0.1, 0.15) is 5.75 Å². The summed E-state index contributed by atoms with van der Waals surface area (Å²) in [6.45, 7) is 3.78. The van der Waals surface area contributed by atoms with Gasteiger partial charge < -0.3 is 5.11 Å². The van der Waals surface area contributed by atoms with Crippen molar-refractivity contribution in [2.45, 2.75) is 22.1 Å². The number of nitrogens with zero attached hydrogens (tertiary/aromatic N) is 1. The number of alkyl halides is 3. The number of imide groups is 1. The topological polar surface area (TPSA) is 57.6 Å². The quantitative estimate of drug-likeness (QED) is 0.372. The molecule has 25 heavy (non-hydrogen) atoms. The molecule has 0 unspecified atom stereocenters. The van der Waals surface area contributed by atoms with Crippen LogP contribution in [0.3, 0.4) is 0 Å². The van der Waals surface area contributed by atoms with E-state index in [0.29, 0.717) is 15.6 Å². The van der Waals surface area contributed by atoms with E-state index in [0.717, 1.165) is 4.90 Å². The predicted molar refractivity (Wildman–Crippen MR) is 104 cm³/mol. The zero-order valence-electron chi connectivity index (χ0n) is 12.8. The highest BCUT2D eigenvalue weighted by Gasteiger charge is 2.72. The Morgan fingerprint density at radius 1 is 1.36 bits per heavy atom. The number of carbonyl (C=O) groups excluding carboxylic acids is 2. The third-order valence-corrected chi connectivity index (χ3v) is 7.13. The number of hydrogen-bond acceptors (Lipinski definition) is 3. The van der Waals surface area contributed by atoms with Crippen molar-refractivity contribution in [1.82, 2.24) is 4.90 Å². The van der Waals surface area contributed by atoms with Crippen molar-refractivity contribution in [3.05, 3.63) is 52.5 Å². The van der Waals surface area contributed by atoms with Crippen LogP contribution in [0.25, 0.3) is 0 Å². The first-order chi connectivity index (χ1) is 11.7. The molecule has 1 heterocycles. The molecule has 1 aliphatic heterocycles. The van der Waals surface area contributed by atoms with Gasteiger partial charge in [0.25, 0.3) is 11.8 Å². The number of rotatable bonds is 3. The van der Waals surface area contributed by atoms with Crippen LogP contribution >= 0.6 is 55.1 Å². The van der Waals surface area contributed by atoms with Gasteiger partial charge in [-0.2, -0.15) is 0 Å². The summed E-state index contributed by atoms with van der Waals surface area (Å²) in [6, 6.07) is 4.83. The highest BCUT2D eigenvalue weighted by molar-refractivity contribution is 9.10. The normalized spacial score (nSPS) is 31.8. The van der Waals surface area contributed by atoms with Gasteiger partial charge >= 0.3 is 0 Å². The number of aromatic hydroxyl groups is 1. The fourth-order valence-corrected chi connectivity index (χ4v) is 5.19. The molecule has 0 saturated carbocycles. The van der Waals surface area contributed by atoms with Crippen LogP contribution in [0.5, 0.6) is 5.75 Å². The van der Waals surface area contributed by atoms with Crippen LogP contribution in [0.4, 0.5) is 0 Å². The average molecular weight is 510 g/mol. The third kappa shape index (κ3) is 2.45. The summed E-state index contributed by atoms with van der Waals surface area (Å²) >= 11 is 20.0. The Hall–Kier alpha value is -0.820. The number of halogens is 4. The SMILES string of the molecule is C=CC1=CC[C@@]2(Cl)C(=O)N(CBr)C(=O)[C@@]2(Cl)[C@H]1c1cc(Br)ccc1O. The number of phenolic OH excluding ortho intramolecular Hbond substituents is 1. The van der Waals surface area contributed by atoms with E-state index < -0.39 is 27.5 Å². The molecular formula is C17H13Br2Cl2NO3. The largest absolute Gasteiger partial charge is 0.508 e. The fourth-order valence-electron chi connectivity index (χ4n) is 3.48. The smallest absolute Gasteiger partial charge is 0.254 e. The van der Waals surface area contributed by atoms with Gasteiger partial charge in [-0.15, -0.1) is 23.2 Å². The number of phenols is 1. The van der Waals surface area contributed by atoms with Gasteiger partial charge in [-0.3, -0.25) is 14.5 Å². The minimum absolute atomic E-state index is 0.00574. The number of allylic oxidation sites excluding steroid dienone is 3. The highest BCUT2D eigenvalue weighted by Crippen LogP contribution is 2.60. The van der Waals surface area contributed by atoms with E-state index in [4.69, 9.17) is 23.2 Å². The molecule has 0 aromatic heterocycles. The molecule has 0 radical (unpaired) electrons. The van der Waals surface area contributed by atoms with Crippen LogP contribution in [0.1, 0.15) is 17.9 Å². The van der Waals surface area contributed by atoms with Gasteiger partial charge in [0.05, 0.1) is 5.45 Å². The second kappa shape index (κ2) is 6.41. The molecule has 8 heteroatoms. The molecule has 1 aromatic rings. The summed E-state index contributed by atoms with van der Waals surface area (Å²) < 4.78 is 0.698. The molecule has 4 nitrogen and oxygen atoms in total. The maximum absolute atomic E-state index is 13.1. The third-order valence-electron chi connectivity index (χ3n) is 4.72. The monoisotopic (exact) mass is 507 g/mol. The summed E-state index contributed by atoms with van der Waals surface area (Å²) in [4.78, 5) is 23.4. The average Bonchev–Trinajstić information content (AvgIpc) is 2.73. The highest BCUT2D eigenvalue weighted by atomic mass is 79.9. The summed E-state index contributed by atoms with van der Waals surface area (Å²) in [7, 11) is 0. The van der Waals surface area contributed by atoms with Crippen molar-refractivity contribution in [2.75, 3.05) is 5.45 Å². The number of amides is 2. The second-order valence-electron chi connectivity index (χ2n) is 5.92. The molecule has 3 rings (SSSR count). The predicted octanol–water partition coefficient (Wildman–Crippen LogP) is 4.43. The Labute approximate surface area is 171 Å². The minimum atomic E-state index is -1.77.